The molecule has 3 aliphatic rings. The molecule has 0 radical (unpaired) electrons. The first-order chi connectivity index (χ1) is 8.86. The van der Waals surface area contributed by atoms with Crippen LogP contribution in [0.1, 0.15) is 38.5 Å². The van der Waals surface area contributed by atoms with Crippen molar-refractivity contribution in [1.82, 2.24) is 0 Å². The highest BCUT2D eigenvalue weighted by atomic mass is 16.7. The molecule has 18 heavy (non-hydrogen) atoms. The molecule has 0 aromatic carbocycles. The van der Waals surface area contributed by atoms with E-state index in [1.807, 2.05) is 0 Å². The Balaban J connectivity index is 1.37. The molecule has 1 aliphatic carbocycles. The molecule has 1 saturated carbocycles. The van der Waals surface area contributed by atoms with Gasteiger partial charge in [-0.3, -0.25) is 0 Å². The lowest BCUT2D eigenvalue weighted by Crippen LogP contribution is -2.38. The van der Waals surface area contributed by atoms with Gasteiger partial charge in [0.15, 0.2) is 5.79 Å². The maximum absolute atomic E-state index is 6.06. The summed E-state index contributed by atoms with van der Waals surface area (Å²) in [7, 11) is 0. The molecule has 4 heteroatoms. The van der Waals surface area contributed by atoms with E-state index in [9.17, 15) is 0 Å². The highest BCUT2D eigenvalue weighted by molar-refractivity contribution is 4.83. The Kier molecular flexibility index (Phi) is 4.19. The van der Waals surface area contributed by atoms with Gasteiger partial charge in [-0.2, -0.15) is 0 Å². The van der Waals surface area contributed by atoms with Crippen molar-refractivity contribution < 1.29 is 18.9 Å². The van der Waals surface area contributed by atoms with Gasteiger partial charge < -0.3 is 18.9 Å². The van der Waals surface area contributed by atoms with E-state index in [0.29, 0.717) is 12.0 Å². The monoisotopic (exact) mass is 256 g/mol. The second-order valence-corrected chi connectivity index (χ2v) is 5.70. The Bertz CT molecular complexity index is 247. The normalized spacial score (nSPS) is 30.0. The zero-order valence-electron chi connectivity index (χ0n) is 11.1. The molecule has 0 aromatic rings. The second kappa shape index (κ2) is 5.87. The summed E-state index contributed by atoms with van der Waals surface area (Å²) in [6.45, 7) is 4.23. The largest absolute Gasteiger partial charge is 0.381 e. The van der Waals surface area contributed by atoms with Crippen LogP contribution in [0.5, 0.6) is 0 Å². The Morgan fingerprint density at radius 1 is 0.889 bits per heavy atom. The molecule has 0 atom stereocenters. The molecule has 3 fully saturated rings. The summed E-state index contributed by atoms with van der Waals surface area (Å²) >= 11 is 0. The smallest absolute Gasteiger partial charge is 0.168 e. The molecule has 2 heterocycles. The summed E-state index contributed by atoms with van der Waals surface area (Å²) in [5, 5.41) is 0. The van der Waals surface area contributed by atoms with Gasteiger partial charge >= 0.3 is 0 Å². The van der Waals surface area contributed by atoms with E-state index in [2.05, 4.69) is 0 Å². The molecular weight excluding hydrogens is 232 g/mol. The van der Waals surface area contributed by atoms with E-state index in [1.165, 1.54) is 0 Å². The predicted octanol–water partition coefficient (Wildman–Crippen LogP) is 2.12. The molecule has 0 amide bonds. The molecule has 0 aromatic heterocycles. The van der Waals surface area contributed by atoms with Crippen LogP contribution in [0.25, 0.3) is 0 Å². The Hall–Kier alpha value is -0.160. The fourth-order valence-corrected chi connectivity index (χ4v) is 3.17. The van der Waals surface area contributed by atoms with Gasteiger partial charge in [0, 0.05) is 32.7 Å². The molecule has 4 nitrogen and oxygen atoms in total. The molecular formula is C14H24O4. The maximum atomic E-state index is 6.06. The lowest BCUT2D eigenvalue weighted by Gasteiger charge is -2.36. The maximum Gasteiger partial charge on any atom is 0.168 e. The van der Waals surface area contributed by atoms with Gasteiger partial charge in [0.1, 0.15) is 0 Å². The molecule has 0 unspecified atom stereocenters. The number of hydrogen-bond acceptors (Lipinski definition) is 4. The van der Waals surface area contributed by atoms with Crippen LogP contribution in [-0.4, -0.2) is 44.9 Å². The SMILES string of the molecule is C1CC(COC2CCC3(CC2)OCCO3)CCO1. The van der Waals surface area contributed by atoms with Crippen molar-refractivity contribution in [2.24, 2.45) is 5.92 Å². The highest BCUT2D eigenvalue weighted by Gasteiger charge is 2.40. The highest BCUT2D eigenvalue weighted by Crippen LogP contribution is 2.36. The van der Waals surface area contributed by atoms with E-state index >= 15 is 0 Å². The molecule has 3 rings (SSSR count). The van der Waals surface area contributed by atoms with Gasteiger partial charge in [0.05, 0.1) is 19.3 Å². The van der Waals surface area contributed by atoms with Crippen molar-refractivity contribution >= 4 is 0 Å². The van der Waals surface area contributed by atoms with Gasteiger partial charge in [-0.05, 0) is 31.6 Å². The van der Waals surface area contributed by atoms with E-state index in [1.54, 1.807) is 0 Å². The van der Waals surface area contributed by atoms with E-state index in [-0.39, 0.29) is 5.79 Å². The lowest BCUT2D eigenvalue weighted by molar-refractivity contribution is -0.193. The fourth-order valence-electron chi connectivity index (χ4n) is 3.17. The Morgan fingerprint density at radius 2 is 1.56 bits per heavy atom. The standard InChI is InChI=1S/C14H24O4/c1-5-14(17-9-10-18-14)6-2-13(1)16-11-12-3-7-15-8-4-12/h12-13H,1-11H2. The minimum absolute atomic E-state index is 0.251. The Labute approximate surface area is 109 Å². The van der Waals surface area contributed by atoms with Crippen molar-refractivity contribution in [3.8, 4) is 0 Å². The van der Waals surface area contributed by atoms with Gasteiger partial charge in [-0.25, -0.2) is 0 Å². The zero-order valence-corrected chi connectivity index (χ0v) is 11.1. The minimum atomic E-state index is -0.251. The van der Waals surface area contributed by atoms with Gasteiger partial charge in [-0.1, -0.05) is 0 Å². The van der Waals surface area contributed by atoms with Crippen LogP contribution in [0.3, 0.4) is 0 Å². The van der Waals surface area contributed by atoms with Crippen molar-refractivity contribution in [1.29, 1.82) is 0 Å². The summed E-state index contributed by atoms with van der Waals surface area (Å²) < 4.78 is 22.9. The molecule has 0 bridgehead atoms. The molecule has 104 valence electrons. The van der Waals surface area contributed by atoms with Gasteiger partial charge in [-0.15, -0.1) is 0 Å². The first-order valence-corrected chi connectivity index (χ1v) is 7.34. The molecule has 0 N–H and O–H groups in total. The van der Waals surface area contributed by atoms with Crippen LogP contribution in [-0.2, 0) is 18.9 Å². The molecule has 2 saturated heterocycles. The fraction of sp³-hybridized carbons (Fsp3) is 1.00. The quantitative estimate of drug-likeness (QED) is 0.775. The Morgan fingerprint density at radius 3 is 2.22 bits per heavy atom. The predicted molar refractivity (Wildman–Crippen MR) is 66.4 cm³/mol. The minimum Gasteiger partial charge on any atom is -0.381 e. The van der Waals surface area contributed by atoms with Crippen molar-refractivity contribution in [2.45, 2.75) is 50.4 Å². The third-order valence-corrected chi connectivity index (χ3v) is 4.42. The zero-order chi connectivity index (χ0) is 12.3. The third kappa shape index (κ3) is 3.05. The summed E-state index contributed by atoms with van der Waals surface area (Å²) in [4.78, 5) is 0. The number of rotatable bonds is 3. The average molecular weight is 256 g/mol. The average Bonchev–Trinajstić information content (AvgIpc) is 2.88. The first kappa shape index (κ1) is 12.9. The van der Waals surface area contributed by atoms with Crippen molar-refractivity contribution in [2.75, 3.05) is 33.0 Å². The van der Waals surface area contributed by atoms with Crippen LogP contribution < -0.4 is 0 Å². The van der Waals surface area contributed by atoms with E-state index in [4.69, 9.17) is 18.9 Å². The third-order valence-electron chi connectivity index (χ3n) is 4.42. The summed E-state index contributed by atoms with van der Waals surface area (Å²) in [6, 6.07) is 0. The lowest BCUT2D eigenvalue weighted by atomic mass is 9.91. The van der Waals surface area contributed by atoms with Crippen molar-refractivity contribution in [3.63, 3.8) is 0 Å². The van der Waals surface area contributed by atoms with Crippen LogP contribution in [0.15, 0.2) is 0 Å². The van der Waals surface area contributed by atoms with Crippen molar-refractivity contribution in [3.05, 3.63) is 0 Å². The van der Waals surface area contributed by atoms with Crippen LogP contribution >= 0.6 is 0 Å². The second-order valence-electron chi connectivity index (χ2n) is 5.70. The van der Waals surface area contributed by atoms with Gasteiger partial charge in [0.2, 0.25) is 0 Å². The van der Waals surface area contributed by atoms with E-state index < -0.39 is 0 Å². The van der Waals surface area contributed by atoms with Crippen LogP contribution in [0.2, 0.25) is 0 Å². The molecule has 2 aliphatic heterocycles. The number of hydrogen-bond donors (Lipinski definition) is 0. The first-order valence-electron chi connectivity index (χ1n) is 7.34. The van der Waals surface area contributed by atoms with Crippen LogP contribution in [0, 0.1) is 5.92 Å². The topological polar surface area (TPSA) is 36.9 Å². The summed E-state index contributed by atoms with van der Waals surface area (Å²) in [5.41, 5.74) is 0. The van der Waals surface area contributed by atoms with Crippen LogP contribution in [0.4, 0.5) is 0 Å². The summed E-state index contributed by atoms with van der Waals surface area (Å²) in [5.74, 6) is 0.451. The van der Waals surface area contributed by atoms with E-state index in [0.717, 1.165) is 71.6 Å². The molecule has 1 spiro atoms. The number of ether oxygens (including phenoxy) is 4. The van der Waals surface area contributed by atoms with Gasteiger partial charge in [0.25, 0.3) is 0 Å². The summed E-state index contributed by atoms with van der Waals surface area (Å²) in [6.07, 6.45) is 6.85.